The van der Waals surface area contributed by atoms with E-state index in [9.17, 15) is 9.59 Å². The Balaban J connectivity index is 1.51. The van der Waals surface area contributed by atoms with Gasteiger partial charge in [-0.1, -0.05) is 65.8 Å². The summed E-state index contributed by atoms with van der Waals surface area (Å²) < 4.78 is 11.8. The predicted octanol–water partition coefficient (Wildman–Crippen LogP) is 3.69. The summed E-state index contributed by atoms with van der Waals surface area (Å²) in [7, 11) is 0. The molecule has 0 aliphatic carbocycles. The average Bonchev–Trinajstić information content (AvgIpc) is 3.39. The van der Waals surface area contributed by atoms with Crippen molar-refractivity contribution in [3.05, 3.63) is 89.8 Å². The van der Waals surface area contributed by atoms with Crippen LogP contribution >= 0.6 is 0 Å². The molecule has 0 radical (unpaired) electrons. The number of aryl methyl sites for hydroxylation is 1. The minimum Gasteiger partial charge on any atom is -0.452 e. The smallest absolute Gasteiger partial charge is 0.342 e. The number of benzene rings is 2. The molecule has 0 saturated carbocycles. The highest BCUT2D eigenvalue weighted by atomic mass is 16.5. The Bertz CT molecular complexity index is 1180. The van der Waals surface area contributed by atoms with E-state index in [1.807, 2.05) is 60.7 Å². The van der Waals surface area contributed by atoms with Gasteiger partial charge in [-0.05, 0) is 12.5 Å². The first-order valence-corrected chi connectivity index (χ1v) is 9.65. The van der Waals surface area contributed by atoms with E-state index < -0.39 is 18.5 Å². The van der Waals surface area contributed by atoms with Crippen LogP contribution in [0.5, 0.6) is 0 Å². The third-order valence-electron chi connectivity index (χ3n) is 4.45. The molecule has 4 aromatic rings. The Labute approximate surface area is 178 Å². The van der Waals surface area contributed by atoms with Crippen molar-refractivity contribution in [3.63, 3.8) is 0 Å². The number of amides is 1. The molecule has 2 heterocycles. The van der Waals surface area contributed by atoms with Crippen LogP contribution in [-0.2, 0) is 16.1 Å². The lowest BCUT2D eigenvalue weighted by Crippen LogP contribution is -2.21. The first-order chi connectivity index (χ1) is 15.1. The largest absolute Gasteiger partial charge is 0.452 e. The molecule has 2 aromatic carbocycles. The number of hydrogen-bond donors (Lipinski definition) is 1. The molecule has 0 spiro atoms. The molecule has 0 aliphatic heterocycles. The van der Waals surface area contributed by atoms with Gasteiger partial charge in [-0.3, -0.25) is 9.48 Å². The molecule has 8 nitrogen and oxygen atoms in total. The van der Waals surface area contributed by atoms with Crippen LogP contribution in [0.15, 0.2) is 77.4 Å². The Hall–Kier alpha value is -4.20. The minimum atomic E-state index is -0.635. The summed E-state index contributed by atoms with van der Waals surface area (Å²) in [5, 5.41) is 10.8. The number of nitrogens with one attached hydrogen (secondary N) is 1. The molecular weight excluding hydrogens is 396 g/mol. The Morgan fingerprint density at radius 2 is 1.77 bits per heavy atom. The normalized spacial score (nSPS) is 10.6. The molecule has 1 amide bonds. The molecule has 0 atom stereocenters. The number of esters is 1. The van der Waals surface area contributed by atoms with Gasteiger partial charge in [0.1, 0.15) is 17.0 Å². The second kappa shape index (κ2) is 9.08. The lowest BCUT2D eigenvalue weighted by atomic mass is 10.1. The van der Waals surface area contributed by atoms with E-state index in [0.29, 0.717) is 18.0 Å². The summed E-state index contributed by atoms with van der Waals surface area (Å²) in [6, 6.07) is 20.7. The fourth-order valence-corrected chi connectivity index (χ4v) is 3.04. The number of nitrogens with zero attached hydrogens (tertiary/aromatic N) is 3. The van der Waals surface area contributed by atoms with Gasteiger partial charge in [0.2, 0.25) is 0 Å². The van der Waals surface area contributed by atoms with Crippen LogP contribution in [-0.4, -0.2) is 33.4 Å². The Kier molecular flexibility index (Phi) is 5.89. The summed E-state index contributed by atoms with van der Waals surface area (Å²) in [5.41, 5.74) is 2.61. The van der Waals surface area contributed by atoms with Crippen molar-refractivity contribution in [1.29, 1.82) is 0 Å². The zero-order valence-corrected chi connectivity index (χ0v) is 16.8. The van der Waals surface area contributed by atoms with E-state index in [0.717, 1.165) is 11.1 Å². The van der Waals surface area contributed by atoms with Crippen molar-refractivity contribution in [1.82, 2.24) is 14.9 Å². The number of carbonyl (C=O) groups excluding carboxylic acids is 2. The third kappa shape index (κ3) is 5.05. The van der Waals surface area contributed by atoms with E-state index in [4.69, 9.17) is 9.26 Å². The van der Waals surface area contributed by atoms with E-state index in [1.165, 1.54) is 0 Å². The lowest BCUT2D eigenvalue weighted by Gasteiger charge is -2.05. The van der Waals surface area contributed by atoms with Gasteiger partial charge in [0, 0.05) is 17.8 Å². The van der Waals surface area contributed by atoms with Crippen molar-refractivity contribution >= 4 is 17.7 Å². The highest BCUT2D eigenvalue weighted by Crippen LogP contribution is 2.23. The maximum Gasteiger partial charge on any atom is 0.342 e. The number of anilines is 1. The zero-order valence-electron chi connectivity index (χ0n) is 16.8. The van der Waals surface area contributed by atoms with Gasteiger partial charge in [0.15, 0.2) is 12.4 Å². The number of aromatic nitrogens is 3. The van der Waals surface area contributed by atoms with Gasteiger partial charge >= 0.3 is 5.97 Å². The molecule has 0 fully saturated rings. The number of carbonyl (C=O) groups is 2. The lowest BCUT2D eigenvalue weighted by molar-refractivity contribution is -0.119. The number of hydrogen-bond acceptors (Lipinski definition) is 6. The summed E-state index contributed by atoms with van der Waals surface area (Å²) in [5.74, 6) is -0.325. The van der Waals surface area contributed by atoms with E-state index in [-0.39, 0.29) is 11.4 Å². The highest BCUT2D eigenvalue weighted by molar-refractivity contribution is 5.98. The quantitative estimate of drug-likeness (QED) is 0.461. The van der Waals surface area contributed by atoms with Crippen LogP contribution in [0.4, 0.5) is 5.82 Å². The number of ether oxygens (including phenoxy) is 1. The standard InChI is InChI=1S/C23H20N4O4/c1-16-12-20(26-31-16)24-21(28)15-30-23(29)19-14-27(13-17-8-4-2-5-9-17)25-22(19)18-10-6-3-7-11-18/h2-12,14H,13,15H2,1H3,(H,24,26,28). The average molecular weight is 416 g/mol. The van der Waals surface area contributed by atoms with E-state index >= 15 is 0 Å². The molecule has 0 bridgehead atoms. The van der Waals surface area contributed by atoms with Gasteiger partial charge < -0.3 is 14.6 Å². The Morgan fingerprint density at radius 3 is 2.45 bits per heavy atom. The molecular formula is C23H20N4O4. The van der Waals surface area contributed by atoms with E-state index in [2.05, 4.69) is 15.6 Å². The van der Waals surface area contributed by atoms with E-state index in [1.54, 1.807) is 23.9 Å². The van der Waals surface area contributed by atoms with Crippen LogP contribution in [0.2, 0.25) is 0 Å². The van der Waals surface area contributed by atoms with Crippen molar-refractivity contribution in [2.24, 2.45) is 0 Å². The SMILES string of the molecule is Cc1cc(NC(=O)COC(=O)c2cn(Cc3ccccc3)nc2-c2ccccc2)no1. The molecule has 8 heteroatoms. The van der Waals surface area contributed by atoms with Gasteiger partial charge in [0.05, 0.1) is 6.54 Å². The topological polar surface area (TPSA) is 99.2 Å². The number of rotatable bonds is 7. The van der Waals surface area contributed by atoms with Gasteiger partial charge in [0.25, 0.3) is 5.91 Å². The first-order valence-electron chi connectivity index (χ1n) is 9.65. The first kappa shape index (κ1) is 20.1. The maximum absolute atomic E-state index is 12.8. The molecule has 4 rings (SSSR count). The maximum atomic E-state index is 12.8. The van der Waals surface area contributed by atoms with Crippen molar-refractivity contribution in [3.8, 4) is 11.3 Å². The predicted molar refractivity (Wildman–Crippen MR) is 113 cm³/mol. The van der Waals surface area contributed by atoms with Crippen LogP contribution in [0.1, 0.15) is 21.7 Å². The fraction of sp³-hybridized carbons (Fsp3) is 0.130. The fourth-order valence-electron chi connectivity index (χ4n) is 3.04. The van der Waals surface area contributed by atoms with Gasteiger partial charge in [-0.2, -0.15) is 5.10 Å². The molecule has 0 unspecified atom stereocenters. The summed E-state index contributed by atoms with van der Waals surface area (Å²) >= 11 is 0. The van der Waals surface area contributed by atoms with Crippen LogP contribution in [0, 0.1) is 6.92 Å². The summed E-state index contributed by atoms with van der Waals surface area (Å²) in [6.07, 6.45) is 1.64. The second-order valence-corrected chi connectivity index (χ2v) is 6.89. The van der Waals surface area contributed by atoms with Crippen molar-refractivity contribution in [2.45, 2.75) is 13.5 Å². The Morgan fingerprint density at radius 1 is 1.06 bits per heavy atom. The molecule has 2 aromatic heterocycles. The molecule has 0 saturated heterocycles. The van der Waals surface area contributed by atoms with Crippen molar-refractivity contribution in [2.75, 3.05) is 11.9 Å². The second-order valence-electron chi connectivity index (χ2n) is 6.89. The van der Waals surface area contributed by atoms with Crippen molar-refractivity contribution < 1.29 is 18.8 Å². The highest BCUT2D eigenvalue weighted by Gasteiger charge is 2.20. The minimum absolute atomic E-state index is 0.263. The third-order valence-corrected chi connectivity index (χ3v) is 4.45. The molecule has 156 valence electrons. The van der Waals surface area contributed by atoms with Crippen LogP contribution in [0.25, 0.3) is 11.3 Å². The molecule has 31 heavy (non-hydrogen) atoms. The summed E-state index contributed by atoms with van der Waals surface area (Å²) in [6.45, 7) is 1.75. The van der Waals surface area contributed by atoms with Gasteiger partial charge in [-0.15, -0.1) is 0 Å². The monoisotopic (exact) mass is 416 g/mol. The van der Waals surface area contributed by atoms with Crippen LogP contribution in [0.3, 0.4) is 0 Å². The molecule has 1 N–H and O–H groups in total. The van der Waals surface area contributed by atoms with Crippen LogP contribution < -0.4 is 5.32 Å². The van der Waals surface area contributed by atoms with Gasteiger partial charge in [-0.25, -0.2) is 4.79 Å². The molecule has 0 aliphatic rings. The zero-order chi connectivity index (χ0) is 21.6. The summed E-state index contributed by atoms with van der Waals surface area (Å²) in [4.78, 5) is 24.8.